The average Bonchev–Trinajstić information content (AvgIpc) is 2.01. The smallest absolute Gasteiger partial charge is 0.0497 e. The van der Waals surface area contributed by atoms with Crippen LogP contribution in [0.15, 0.2) is 23.9 Å². The fourth-order valence-electron chi connectivity index (χ4n) is 0.616. The van der Waals surface area contributed by atoms with Crippen molar-refractivity contribution >= 4 is 0 Å². The van der Waals surface area contributed by atoms with Gasteiger partial charge in [0.25, 0.3) is 0 Å². The molecule has 0 aliphatic carbocycles. The molecule has 0 atom stereocenters. The van der Waals surface area contributed by atoms with Gasteiger partial charge >= 0.3 is 0 Å². The second-order valence-electron chi connectivity index (χ2n) is 2.12. The highest BCUT2D eigenvalue weighted by atomic mass is 16.5. The molecule has 0 radical (unpaired) electrons. The van der Waals surface area contributed by atoms with E-state index in [4.69, 9.17) is 16.2 Å². The molecule has 0 aromatic heterocycles. The average molecular weight is 156 g/mol. The van der Waals surface area contributed by atoms with E-state index in [0.717, 1.165) is 12.1 Å². The maximum absolute atomic E-state index is 5.56. The van der Waals surface area contributed by atoms with E-state index in [1.807, 2.05) is 12.2 Å². The topological polar surface area (TPSA) is 61.3 Å². The summed E-state index contributed by atoms with van der Waals surface area (Å²) in [5, 5.41) is 0. The number of hydrogen-bond donors (Lipinski definition) is 2. The highest BCUT2D eigenvalue weighted by Crippen LogP contribution is 1.90. The number of ether oxygens (including phenoxy) is 1. The van der Waals surface area contributed by atoms with Crippen molar-refractivity contribution in [1.29, 1.82) is 0 Å². The van der Waals surface area contributed by atoms with Gasteiger partial charge in [0, 0.05) is 26.0 Å². The van der Waals surface area contributed by atoms with Gasteiger partial charge in [0.2, 0.25) is 0 Å². The third kappa shape index (κ3) is 7.09. The minimum absolute atomic E-state index is 0.527. The zero-order chi connectivity index (χ0) is 8.53. The Morgan fingerprint density at radius 1 is 1.55 bits per heavy atom. The van der Waals surface area contributed by atoms with Gasteiger partial charge in [-0.2, -0.15) is 0 Å². The summed E-state index contributed by atoms with van der Waals surface area (Å²) < 4.78 is 4.85. The molecule has 11 heavy (non-hydrogen) atoms. The minimum Gasteiger partial charge on any atom is -0.399 e. The van der Waals surface area contributed by atoms with Crippen LogP contribution < -0.4 is 11.5 Å². The van der Waals surface area contributed by atoms with Gasteiger partial charge in [0.05, 0.1) is 0 Å². The normalized spacial score (nSPS) is 12.7. The molecular formula is C8H16N2O. The van der Waals surface area contributed by atoms with Gasteiger partial charge in [-0.1, -0.05) is 12.2 Å². The lowest BCUT2D eigenvalue weighted by atomic mass is 10.3. The molecule has 0 rings (SSSR count). The maximum Gasteiger partial charge on any atom is 0.0497 e. The van der Waals surface area contributed by atoms with Crippen molar-refractivity contribution in [2.24, 2.45) is 11.5 Å². The van der Waals surface area contributed by atoms with Gasteiger partial charge < -0.3 is 16.2 Å². The number of hydrogen-bond acceptors (Lipinski definition) is 3. The highest BCUT2D eigenvalue weighted by molar-refractivity contribution is 5.14. The van der Waals surface area contributed by atoms with E-state index in [2.05, 4.69) is 0 Å². The first-order chi connectivity index (χ1) is 5.31. The Hall–Kier alpha value is -0.800. The van der Waals surface area contributed by atoms with Crippen LogP contribution in [0.4, 0.5) is 0 Å². The Bertz CT molecular complexity index is 141. The zero-order valence-corrected chi connectivity index (χ0v) is 6.92. The molecular weight excluding hydrogens is 140 g/mol. The van der Waals surface area contributed by atoms with Gasteiger partial charge in [-0.15, -0.1) is 0 Å². The molecule has 0 aromatic rings. The predicted molar refractivity (Wildman–Crippen MR) is 47.0 cm³/mol. The number of methoxy groups -OCH3 is 1. The summed E-state index contributed by atoms with van der Waals surface area (Å²) in [6.07, 6.45) is 6.38. The molecule has 3 heteroatoms. The van der Waals surface area contributed by atoms with E-state index in [0.29, 0.717) is 13.2 Å². The van der Waals surface area contributed by atoms with Crippen LogP contribution in [0.3, 0.4) is 0 Å². The molecule has 0 saturated carbocycles. The first kappa shape index (κ1) is 10.2. The SMILES string of the molecule is COCC/C=C(N)\C=C/CN. The fraction of sp³-hybridized carbons (Fsp3) is 0.500. The van der Waals surface area contributed by atoms with Crippen molar-refractivity contribution in [3.8, 4) is 0 Å². The Kier molecular flexibility index (Phi) is 6.78. The lowest BCUT2D eigenvalue weighted by molar-refractivity contribution is 0.204. The van der Waals surface area contributed by atoms with Crippen molar-refractivity contribution in [2.45, 2.75) is 6.42 Å². The maximum atomic E-state index is 5.56. The van der Waals surface area contributed by atoms with Crippen LogP contribution in [0.1, 0.15) is 6.42 Å². The summed E-state index contributed by atoms with van der Waals surface area (Å²) in [6.45, 7) is 1.23. The van der Waals surface area contributed by atoms with Crippen LogP contribution in [0, 0.1) is 0 Å². The van der Waals surface area contributed by atoms with Crippen LogP contribution in [-0.4, -0.2) is 20.3 Å². The molecule has 0 unspecified atom stereocenters. The van der Waals surface area contributed by atoms with E-state index >= 15 is 0 Å². The monoisotopic (exact) mass is 156 g/mol. The summed E-state index contributed by atoms with van der Waals surface area (Å²) in [6, 6.07) is 0. The number of nitrogens with two attached hydrogens (primary N) is 2. The van der Waals surface area contributed by atoms with E-state index in [-0.39, 0.29) is 0 Å². The molecule has 0 saturated heterocycles. The van der Waals surface area contributed by atoms with Crippen LogP contribution in [-0.2, 0) is 4.74 Å². The Labute approximate surface area is 67.7 Å². The van der Waals surface area contributed by atoms with Crippen LogP contribution >= 0.6 is 0 Å². The van der Waals surface area contributed by atoms with Gasteiger partial charge in [0.1, 0.15) is 0 Å². The molecule has 0 heterocycles. The fourth-order valence-corrected chi connectivity index (χ4v) is 0.616. The predicted octanol–water partition coefficient (Wildman–Crippen LogP) is 0.380. The summed E-state index contributed by atoms with van der Waals surface area (Å²) in [4.78, 5) is 0. The van der Waals surface area contributed by atoms with E-state index in [1.165, 1.54) is 0 Å². The number of allylic oxidation sites excluding steroid dienone is 1. The summed E-state index contributed by atoms with van der Waals surface area (Å²) in [7, 11) is 1.67. The standard InChI is InChI=1S/C8H16N2O/c1-11-7-3-5-8(10)4-2-6-9/h2,4-5H,3,6-7,9-10H2,1H3/b4-2-,8-5+. The van der Waals surface area contributed by atoms with Crippen LogP contribution in [0.2, 0.25) is 0 Å². The van der Waals surface area contributed by atoms with Gasteiger partial charge in [-0.05, 0) is 12.5 Å². The van der Waals surface area contributed by atoms with E-state index in [9.17, 15) is 0 Å². The van der Waals surface area contributed by atoms with E-state index in [1.54, 1.807) is 13.2 Å². The second-order valence-corrected chi connectivity index (χ2v) is 2.12. The second kappa shape index (κ2) is 7.31. The van der Waals surface area contributed by atoms with Crippen molar-refractivity contribution in [3.05, 3.63) is 23.9 Å². The quantitative estimate of drug-likeness (QED) is 0.447. The summed E-state index contributed by atoms with van der Waals surface area (Å²) in [5.74, 6) is 0. The minimum atomic E-state index is 0.527. The molecule has 0 aromatic carbocycles. The molecule has 64 valence electrons. The molecule has 0 spiro atoms. The molecule has 0 bridgehead atoms. The van der Waals surface area contributed by atoms with Gasteiger partial charge in [-0.3, -0.25) is 0 Å². The van der Waals surface area contributed by atoms with Crippen molar-refractivity contribution in [3.63, 3.8) is 0 Å². The van der Waals surface area contributed by atoms with Crippen molar-refractivity contribution in [2.75, 3.05) is 20.3 Å². The zero-order valence-electron chi connectivity index (χ0n) is 6.92. The van der Waals surface area contributed by atoms with Crippen LogP contribution in [0.25, 0.3) is 0 Å². The Balaban J connectivity index is 3.53. The van der Waals surface area contributed by atoms with Crippen molar-refractivity contribution in [1.82, 2.24) is 0 Å². The highest BCUT2D eigenvalue weighted by Gasteiger charge is 1.81. The first-order valence-electron chi connectivity index (χ1n) is 3.62. The van der Waals surface area contributed by atoms with Gasteiger partial charge in [-0.25, -0.2) is 0 Å². The van der Waals surface area contributed by atoms with Crippen molar-refractivity contribution < 1.29 is 4.74 Å². The molecule has 3 nitrogen and oxygen atoms in total. The third-order valence-corrected chi connectivity index (χ3v) is 1.15. The molecule has 4 N–H and O–H groups in total. The van der Waals surface area contributed by atoms with E-state index < -0.39 is 0 Å². The summed E-state index contributed by atoms with van der Waals surface area (Å²) >= 11 is 0. The lowest BCUT2D eigenvalue weighted by Crippen LogP contribution is -1.97. The number of rotatable bonds is 5. The Morgan fingerprint density at radius 3 is 2.82 bits per heavy atom. The first-order valence-corrected chi connectivity index (χ1v) is 3.62. The van der Waals surface area contributed by atoms with Crippen LogP contribution in [0.5, 0.6) is 0 Å². The largest absolute Gasteiger partial charge is 0.399 e. The molecule has 0 fully saturated rings. The molecule has 0 aliphatic rings. The lowest BCUT2D eigenvalue weighted by Gasteiger charge is -1.93. The third-order valence-electron chi connectivity index (χ3n) is 1.15. The molecule has 0 aliphatic heterocycles. The summed E-state index contributed by atoms with van der Waals surface area (Å²) in [5.41, 5.74) is 11.5. The Morgan fingerprint density at radius 2 is 2.27 bits per heavy atom. The van der Waals surface area contributed by atoms with Gasteiger partial charge in [0.15, 0.2) is 0 Å². The molecule has 0 amide bonds.